The van der Waals surface area contributed by atoms with E-state index in [2.05, 4.69) is 29.0 Å². The average Bonchev–Trinajstić information content (AvgIpc) is 2.59. The number of nitrogens with one attached hydrogen (secondary N) is 2. The summed E-state index contributed by atoms with van der Waals surface area (Å²) in [6, 6.07) is 0. The standard InChI is InChI=1S/C12H21N3OS/c1-3-12(2)9-15(6-4-5-13-12)7-10-8-17-11(16)14-10/h8,13H,3-7,9H2,1-2H3,(H,14,16). The Labute approximate surface area is 106 Å². The topological polar surface area (TPSA) is 48.1 Å². The van der Waals surface area contributed by atoms with Crippen molar-refractivity contribution >= 4 is 11.3 Å². The summed E-state index contributed by atoms with van der Waals surface area (Å²) in [5.41, 5.74) is 1.24. The summed E-state index contributed by atoms with van der Waals surface area (Å²) in [6.07, 6.45) is 2.30. The molecular weight excluding hydrogens is 234 g/mol. The minimum absolute atomic E-state index is 0.0474. The second-order valence-corrected chi connectivity index (χ2v) is 5.92. The summed E-state index contributed by atoms with van der Waals surface area (Å²) in [5.74, 6) is 0. The van der Waals surface area contributed by atoms with Crippen molar-refractivity contribution in [3.63, 3.8) is 0 Å². The molecule has 1 unspecified atom stereocenters. The van der Waals surface area contributed by atoms with E-state index in [1.165, 1.54) is 17.8 Å². The lowest BCUT2D eigenvalue weighted by Crippen LogP contribution is -2.48. The van der Waals surface area contributed by atoms with Crippen molar-refractivity contribution < 1.29 is 0 Å². The molecule has 1 fully saturated rings. The highest BCUT2D eigenvalue weighted by Gasteiger charge is 2.27. The Balaban J connectivity index is 2.02. The molecule has 0 spiro atoms. The Kier molecular flexibility index (Phi) is 4.01. The molecule has 96 valence electrons. The van der Waals surface area contributed by atoms with Crippen molar-refractivity contribution in [1.82, 2.24) is 15.2 Å². The third kappa shape index (κ3) is 3.40. The molecule has 2 rings (SSSR count). The Morgan fingerprint density at radius 2 is 2.41 bits per heavy atom. The van der Waals surface area contributed by atoms with Crippen LogP contribution in [-0.2, 0) is 6.54 Å². The van der Waals surface area contributed by atoms with Crippen molar-refractivity contribution in [3.05, 3.63) is 20.7 Å². The van der Waals surface area contributed by atoms with Crippen LogP contribution in [0.15, 0.2) is 10.2 Å². The summed E-state index contributed by atoms with van der Waals surface area (Å²) < 4.78 is 0. The predicted molar refractivity (Wildman–Crippen MR) is 71.5 cm³/mol. The van der Waals surface area contributed by atoms with Gasteiger partial charge in [0.05, 0.1) is 0 Å². The maximum Gasteiger partial charge on any atom is 0.304 e. The van der Waals surface area contributed by atoms with Crippen LogP contribution in [-0.4, -0.2) is 35.1 Å². The highest BCUT2D eigenvalue weighted by molar-refractivity contribution is 7.07. The van der Waals surface area contributed by atoms with E-state index in [4.69, 9.17) is 0 Å². The first kappa shape index (κ1) is 12.8. The van der Waals surface area contributed by atoms with Crippen LogP contribution in [0, 0.1) is 0 Å². The van der Waals surface area contributed by atoms with E-state index in [0.717, 1.165) is 38.3 Å². The zero-order valence-corrected chi connectivity index (χ0v) is 11.4. The number of aromatic amines is 1. The molecule has 1 saturated heterocycles. The van der Waals surface area contributed by atoms with Crippen LogP contribution >= 0.6 is 11.3 Å². The molecule has 0 aliphatic carbocycles. The molecule has 1 aromatic rings. The Morgan fingerprint density at radius 3 is 3.06 bits per heavy atom. The van der Waals surface area contributed by atoms with Crippen molar-refractivity contribution in [3.8, 4) is 0 Å². The zero-order valence-electron chi connectivity index (χ0n) is 10.6. The van der Waals surface area contributed by atoms with E-state index >= 15 is 0 Å². The monoisotopic (exact) mass is 255 g/mol. The predicted octanol–water partition coefficient (Wildman–Crippen LogP) is 1.40. The molecule has 0 amide bonds. The van der Waals surface area contributed by atoms with Crippen LogP contribution in [0.4, 0.5) is 0 Å². The van der Waals surface area contributed by atoms with Gasteiger partial charge in [-0.25, -0.2) is 0 Å². The van der Waals surface area contributed by atoms with Crippen molar-refractivity contribution in [2.24, 2.45) is 0 Å². The van der Waals surface area contributed by atoms with Gasteiger partial charge in [0.15, 0.2) is 0 Å². The van der Waals surface area contributed by atoms with Crippen molar-refractivity contribution in [2.45, 2.75) is 38.8 Å². The quantitative estimate of drug-likeness (QED) is 0.858. The molecule has 1 aliphatic rings. The van der Waals surface area contributed by atoms with Gasteiger partial charge in [0, 0.05) is 29.7 Å². The van der Waals surface area contributed by atoms with Gasteiger partial charge in [-0.05, 0) is 32.9 Å². The van der Waals surface area contributed by atoms with Gasteiger partial charge in [-0.15, -0.1) is 0 Å². The smallest absolute Gasteiger partial charge is 0.304 e. The van der Waals surface area contributed by atoms with Gasteiger partial charge in [0.1, 0.15) is 0 Å². The van der Waals surface area contributed by atoms with E-state index < -0.39 is 0 Å². The van der Waals surface area contributed by atoms with Crippen molar-refractivity contribution in [1.29, 1.82) is 0 Å². The highest BCUT2D eigenvalue weighted by atomic mass is 32.1. The Bertz CT molecular complexity index is 414. The second-order valence-electron chi connectivity index (χ2n) is 5.08. The minimum Gasteiger partial charge on any atom is -0.315 e. The van der Waals surface area contributed by atoms with Crippen LogP contribution in [0.25, 0.3) is 0 Å². The van der Waals surface area contributed by atoms with Gasteiger partial charge < -0.3 is 10.3 Å². The lowest BCUT2D eigenvalue weighted by molar-refractivity contribution is 0.207. The number of rotatable bonds is 3. The van der Waals surface area contributed by atoms with E-state index in [1.54, 1.807) is 0 Å². The first-order valence-electron chi connectivity index (χ1n) is 6.25. The molecule has 0 bridgehead atoms. The molecule has 1 atom stereocenters. The molecule has 2 heterocycles. The summed E-state index contributed by atoms with van der Waals surface area (Å²) in [4.78, 5) is 16.5. The first-order chi connectivity index (χ1) is 8.11. The lowest BCUT2D eigenvalue weighted by atomic mass is 9.98. The molecular formula is C12H21N3OS. The summed E-state index contributed by atoms with van der Waals surface area (Å²) in [7, 11) is 0. The largest absolute Gasteiger partial charge is 0.315 e. The normalized spacial score (nSPS) is 26.9. The fourth-order valence-electron chi connectivity index (χ4n) is 2.33. The molecule has 4 nitrogen and oxygen atoms in total. The third-order valence-corrected chi connectivity index (χ3v) is 4.24. The SMILES string of the molecule is CCC1(C)CN(Cc2csc(=O)[nH]2)CCCN1. The molecule has 5 heteroatoms. The summed E-state index contributed by atoms with van der Waals surface area (Å²) in [6.45, 7) is 8.59. The van der Waals surface area contributed by atoms with Gasteiger partial charge >= 0.3 is 4.87 Å². The van der Waals surface area contributed by atoms with E-state index in [1.807, 2.05) is 5.38 Å². The first-order valence-corrected chi connectivity index (χ1v) is 7.13. The lowest BCUT2D eigenvalue weighted by Gasteiger charge is -2.32. The number of nitrogens with zero attached hydrogens (tertiary/aromatic N) is 1. The maximum atomic E-state index is 11.1. The van der Waals surface area contributed by atoms with E-state index in [-0.39, 0.29) is 10.4 Å². The van der Waals surface area contributed by atoms with Gasteiger partial charge in [-0.1, -0.05) is 18.3 Å². The van der Waals surface area contributed by atoms with Crippen molar-refractivity contribution in [2.75, 3.05) is 19.6 Å². The fraction of sp³-hybridized carbons (Fsp3) is 0.750. The number of thiazole rings is 1. The van der Waals surface area contributed by atoms with Crippen LogP contribution < -0.4 is 10.2 Å². The van der Waals surface area contributed by atoms with E-state index in [0.29, 0.717) is 0 Å². The summed E-state index contributed by atoms with van der Waals surface area (Å²) >= 11 is 1.25. The molecule has 17 heavy (non-hydrogen) atoms. The highest BCUT2D eigenvalue weighted by Crippen LogP contribution is 2.16. The summed E-state index contributed by atoms with van der Waals surface area (Å²) in [5, 5.41) is 5.55. The van der Waals surface area contributed by atoms with Crippen LogP contribution in [0.2, 0.25) is 0 Å². The van der Waals surface area contributed by atoms with Gasteiger partial charge in [0.25, 0.3) is 0 Å². The molecule has 1 aromatic heterocycles. The molecule has 0 aromatic carbocycles. The fourth-order valence-corrected chi connectivity index (χ4v) is 2.90. The number of H-pyrrole nitrogens is 1. The molecule has 1 aliphatic heterocycles. The molecule has 2 N–H and O–H groups in total. The average molecular weight is 255 g/mol. The molecule has 0 radical (unpaired) electrons. The number of hydrogen-bond donors (Lipinski definition) is 2. The minimum atomic E-state index is 0.0474. The van der Waals surface area contributed by atoms with Crippen LogP contribution in [0.3, 0.4) is 0 Å². The van der Waals surface area contributed by atoms with Crippen LogP contribution in [0.5, 0.6) is 0 Å². The van der Waals surface area contributed by atoms with Gasteiger partial charge in [0.2, 0.25) is 0 Å². The van der Waals surface area contributed by atoms with Gasteiger partial charge in [-0.2, -0.15) is 0 Å². The maximum absolute atomic E-state index is 11.1. The Hall–Kier alpha value is -0.650. The number of aromatic nitrogens is 1. The second kappa shape index (κ2) is 5.33. The van der Waals surface area contributed by atoms with E-state index in [9.17, 15) is 4.79 Å². The Morgan fingerprint density at radius 1 is 1.59 bits per heavy atom. The zero-order chi connectivity index (χ0) is 12.3. The third-order valence-electron chi connectivity index (χ3n) is 3.52. The number of hydrogen-bond acceptors (Lipinski definition) is 4. The molecule has 0 saturated carbocycles. The van der Waals surface area contributed by atoms with Gasteiger partial charge in [-0.3, -0.25) is 9.69 Å². The van der Waals surface area contributed by atoms with Crippen LogP contribution in [0.1, 0.15) is 32.4 Å².